The van der Waals surface area contributed by atoms with E-state index in [1.165, 1.54) is 26.4 Å². The summed E-state index contributed by atoms with van der Waals surface area (Å²) in [4.78, 5) is 0. The Bertz CT molecular complexity index is 467. The van der Waals surface area contributed by atoms with Crippen molar-refractivity contribution in [3.63, 3.8) is 0 Å². The van der Waals surface area contributed by atoms with Gasteiger partial charge in [-0.3, -0.25) is 0 Å². The van der Waals surface area contributed by atoms with E-state index in [0.29, 0.717) is 17.9 Å². The van der Waals surface area contributed by atoms with Gasteiger partial charge in [-0.05, 0) is 18.6 Å². The first-order valence-corrected chi connectivity index (χ1v) is 6.74. The van der Waals surface area contributed by atoms with Crippen LogP contribution in [0.2, 0.25) is 0 Å². The summed E-state index contributed by atoms with van der Waals surface area (Å²) in [5.74, 6) is 1.15. The van der Waals surface area contributed by atoms with Crippen molar-refractivity contribution in [1.29, 1.82) is 0 Å². The van der Waals surface area contributed by atoms with Crippen molar-refractivity contribution in [2.75, 3.05) is 20.0 Å². The van der Waals surface area contributed by atoms with Gasteiger partial charge in [0.05, 0.1) is 20.0 Å². The summed E-state index contributed by atoms with van der Waals surface area (Å²) in [5, 5.41) is 0. The zero-order chi connectivity index (χ0) is 12.9. The van der Waals surface area contributed by atoms with Crippen LogP contribution in [-0.4, -0.2) is 28.4 Å². The highest BCUT2D eigenvalue weighted by atomic mass is 32.2. The molecule has 0 amide bonds. The van der Waals surface area contributed by atoms with Crippen LogP contribution in [0.5, 0.6) is 17.2 Å². The highest BCUT2D eigenvalue weighted by Gasteiger charge is 2.13. The Morgan fingerprint density at radius 1 is 1.12 bits per heavy atom. The molecule has 0 aromatic heterocycles. The number of rotatable bonds is 6. The summed E-state index contributed by atoms with van der Waals surface area (Å²) in [7, 11) is -0.545. The third-order valence-corrected chi connectivity index (χ3v) is 3.39. The van der Waals surface area contributed by atoms with Crippen molar-refractivity contribution in [3.8, 4) is 17.2 Å². The van der Waals surface area contributed by atoms with Crippen molar-refractivity contribution in [1.82, 2.24) is 0 Å². The first kappa shape index (κ1) is 13.6. The Hall–Kier alpha value is -1.43. The maximum absolute atomic E-state index is 11.5. The van der Waals surface area contributed by atoms with Crippen molar-refractivity contribution in [2.24, 2.45) is 0 Å². The average molecular weight is 260 g/mol. The molecule has 0 heterocycles. The molecule has 17 heavy (non-hydrogen) atoms. The largest absolute Gasteiger partial charge is 0.493 e. The summed E-state index contributed by atoms with van der Waals surface area (Å²) in [6, 6.07) is 4.59. The van der Waals surface area contributed by atoms with Gasteiger partial charge < -0.3 is 13.7 Å². The molecule has 0 fully saturated rings. The average Bonchev–Trinajstić information content (AvgIpc) is 2.28. The van der Waals surface area contributed by atoms with E-state index < -0.39 is 10.1 Å². The fourth-order valence-electron chi connectivity index (χ4n) is 1.31. The zero-order valence-corrected chi connectivity index (χ0v) is 10.9. The Balaban J connectivity index is 2.93. The molecular formula is C11H16O5S. The normalized spacial score (nSPS) is 11.0. The molecule has 1 aromatic rings. The smallest absolute Gasteiger partial charge is 0.309 e. The van der Waals surface area contributed by atoms with Crippen LogP contribution >= 0.6 is 0 Å². The molecule has 96 valence electrons. The van der Waals surface area contributed by atoms with Gasteiger partial charge in [-0.15, -0.1) is 0 Å². The van der Waals surface area contributed by atoms with Crippen molar-refractivity contribution >= 4 is 10.1 Å². The van der Waals surface area contributed by atoms with Crippen molar-refractivity contribution < 1.29 is 22.1 Å². The molecule has 0 aliphatic rings. The highest BCUT2D eigenvalue weighted by molar-refractivity contribution is 7.87. The van der Waals surface area contributed by atoms with Gasteiger partial charge >= 0.3 is 10.1 Å². The van der Waals surface area contributed by atoms with E-state index in [1.807, 2.05) is 0 Å². The second-order valence-corrected chi connectivity index (χ2v) is 5.05. The van der Waals surface area contributed by atoms with Crippen LogP contribution in [0.4, 0.5) is 0 Å². The van der Waals surface area contributed by atoms with Crippen molar-refractivity contribution in [2.45, 2.75) is 13.3 Å². The highest BCUT2D eigenvalue weighted by Crippen LogP contribution is 2.31. The van der Waals surface area contributed by atoms with E-state index in [1.54, 1.807) is 13.0 Å². The van der Waals surface area contributed by atoms with Crippen LogP contribution in [0, 0.1) is 0 Å². The second-order valence-electron chi connectivity index (χ2n) is 3.36. The SMILES string of the molecule is CCCS(=O)(=O)Oc1ccc(OC)c(OC)c1. The van der Waals surface area contributed by atoms with E-state index in [4.69, 9.17) is 13.7 Å². The van der Waals surface area contributed by atoms with Gasteiger partial charge in [0, 0.05) is 6.07 Å². The zero-order valence-electron chi connectivity index (χ0n) is 10.1. The lowest BCUT2D eigenvalue weighted by Gasteiger charge is -2.10. The molecule has 0 saturated heterocycles. The molecule has 0 bridgehead atoms. The number of benzene rings is 1. The van der Waals surface area contributed by atoms with Crippen LogP contribution in [0.1, 0.15) is 13.3 Å². The quantitative estimate of drug-likeness (QED) is 0.730. The Labute approximate surface area is 101 Å². The molecule has 0 N–H and O–H groups in total. The molecule has 5 nitrogen and oxygen atoms in total. The maximum atomic E-state index is 11.5. The maximum Gasteiger partial charge on any atom is 0.309 e. The minimum Gasteiger partial charge on any atom is -0.493 e. The van der Waals surface area contributed by atoms with Crippen LogP contribution < -0.4 is 13.7 Å². The van der Waals surface area contributed by atoms with E-state index in [2.05, 4.69) is 0 Å². The van der Waals surface area contributed by atoms with E-state index in [9.17, 15) is 8.42 Å². The molecule has 0 spiro atoms. The summed E-state index contributed by atoms with van der Waals surface area (Å²) in [6.07, 6.45) is 0.510. The fraction of sp³-hybridized carbons (Fsp3) is 0.455. The van der Waals surface area contributed by atoms with E-state index >= 15 is 0 Å². The van der Waals surface area contributed by atoms with E-state index in [0.717, 1.165) is 0 Å². The summed E-state index contributed by atoms with van der Waals surface area (Å²) >= 11 is 0. The van der Waals surface area contributed by atoms with Gasteiger partial charge in [-0.25, -0.2) is 0 Å². The molecule has 0 aliphatic heterocycles. The van der Waals surface area contributed by atoms with Gasteiger partial charge in [0.2, 0.25) is 0 Å². The molecule has 0 atom stereocenters. The van der Waals surface area contributed by atoms with Gasteiger partial charge in [0.25, 0.3) is 0 Å². The fourth-order valence-corrected chi connectivity index (χ4v) is 2.29. The second kappa shape index (κ2) is 5.77. The molecule has 0 aliphatic carbocycles. The Kier molecular flexibility index (Phi) is 4.62. The predicted octanol–water partition coefficient (Wildman–Crippen LogP) is 1.82. The summed E-state index contributed by atoms with van der Waals surface area (Å²) in [6.45, 7) is 1.77. The molecule has 1 aromatic carbocycles. The topological polar surface area (TPSA) is 61.8 Å². The Morgan fingerprint density at radius 3 is 2.29 bits per heavy atom. The monoisotopic (exact) mass is 260 g/mol. The van der Waals surface area contributed by atoms with Crippen LogP contribution in [-0.2, 0) is 10.1 Å². The molecular weight excluding hydrogens is 244 g/mol. The van der Waals surface area contributed by atoms with Gasteiger partial charge in [-0.1, -0.05) is 6.92 Å². The number of hydrogen-bond acceptors (Lipinski definition) is 5. The molecule has 1 rings (SSSR count). The number of hydrogen-bond donors (Lipinski definition) is 0. The summed E-state index contributed by atoms with van der Waals surface area (Å²) < 4.78 is 37.9. The van der Waals surface area contributed by atoms with Gasteiger partial charge in [0.1, 0.15) is 5.75 Å². The molecule has 6 heteroatoms. The number of methoxy groups -OCH3 is 2. The third-order valence-electron chi connectivity index (χ3n) is 2.03. The van der Waals surface area contributed by atoms with Crippen LogP contribution in [0.15, 0.2) is 18.2 Å². The lowest BCUT2D eigenvalue weighted by Crippen LogP contribution is -2.13. The molecule has 0 saturated carbocycles. The third kappa shape index (κ3) is 3.81. The number of ether oxygens (including phenoxy) is 2. The van der Waals surface area contributed by atoms with Crippen LogP contribution in [0.3, 0.4) is 0 Å². The first-order valence-electron chi connectivity index (χ1n) is 5.16. The minimum atomic E-state index is -3.53. The predicted molar refractivity (Wildman–Crippen MR) is 64.3 cm³/mol. The Morgan fingerprint density at radius 2 is 1.76 bits per heavy atom. The van der Waals surface area contributed by atoms with Crippen LogP contribution in [0.25, 0.3) is 0 Å². The van der Waals surface area contributed by atoms with E-state index in [-0.39, 0.29) is 11.5 Å². The lowest BCUT2D eigenvalue weighted by atomic mass is 10.3. The minimum absolute atomic E-state index is 0.0126. The first-order chi connectivity index (χ1) is 8.02. The summed E-state index contributed by atoms with van der Waals surface area (Å²) in [5.41, 5.74) is 0. The lowest BCUT2D eigenvalue weighted by molar-refractivity contribution is 0.353. The standard InChI is InChI=1S/C11H16O5S/c1-4-7-17(12,13)16-9-5-6-10(14-2)11(8-9)15-3/h5-6,8H,4,7H2,1-3H3. The molecule has 0 radical (unpaired) electrons. The van der Waals surface area contributed by atoms with Crippen molar-refractivity contribution in [3.05, 3.63) is 18.2 Å². The van der Waals surface area contributed by atoms with Gasteiger partial charge in [0.15, 0.2) is 11.5 Å². The van der Waals surface area contributed by atoms with Gasteiger partial charge in [-0.2, -0.15) is 8.42 Å². The molecule has 0 unspecified atom stereocenters.